The number of hydrogen-bond donors (Lipinski definition) is 0. The average molecular weight is 263 g/mol. The summed E-state index contributed by atoms with van der Waals surface area (Å²) < 4.78 is 0. The minimum Gasteiger partial charge on any atom is -0.192 e. The minimum absolute atomic E-state index is 0.827. The van der Waals surface area contributed by atoms with E-state index in [0.717, 1.165) is 16.2 Å². The maximum absolute atomic E-state index is 9.41. The monoisotopic (exact) mass is 263 g/mol. The Balaban J connectivity index is 2.30. The highest BCUT2D eigenvalue weighted by atomic mass is 32.2. The molecule has 1 nitrogen and oxygen atoms in total. The molecule has 0 spiro atoms. The number of hydrogen-bond acceptors (Lipinski definition) is 2. The van der Waals surface area contributed by atoms with Crippen LogP contribution in [-0.4, -0.2) is 0 Å². The SMILES string of the molecule is Cc1ccccc1C1=C(C#N)SCc2ccccc21. The Kier molecular flexibility index (Phi) is 3.15. The van der Waals surface area contributed by atoms with E-state index in [1.807, 2.05) is 18.2 Å². The number of fused-ring (bicyclic) bond motifs is 1. The number of allylic oxidation sites excluding steroid dienone is 1. The molecule has 0 saturated heterocycles. The van der Waals surface area contributed by atoms with Crippen molar-refractivity contribution in [3.63, 3.8) is 0 Å². The van der Waals surface area contributed by atoms with E-state index in [1.165, 1.54) is 22.3 Å². The first-order chi connectivity index (χ1) is 9.31. The Morgan fingerprint density at radius 2 is 1.68 bits per heavy atom. The maximum atomic E-state index is 9.41. The van der Waals surface area contributed by atoms with E-state index in [4.69, 9.17) is 0 Å². The Bertz CT molecular complexity index is 707. The summed E-state index contributed by atoms with van der Waals surface area (Å²) in [6.07, 6.45) is 0. The second-order valence-electron chi connectivity index (χ2n) is 4.58. The fraction of sp³-hybridized carbons (Fsp3) is 0.118. The quantitative estimate of drug-likeness (QED) is 0.755. The van der Waals surface area contributed by atoms with E-state index in [9.17, 15) is 5.26 Å². The third-order valence-corrected chi connectivity index (χ3v) is 4.44. The molecule has 0 unspecified atom stereocenters. The van der Waals surface area contributed by atoms with Crippen molar-refractivity contribution in [1.82, 2.24) is 0 Å². The summed E-state index contributed by atoms with van der Waals surface area (Å²) in [5.74, 6) is 0.883. The number of nitrogens with zero attached hydrogens (tertiary/aromatic N) is 1. The van der Waals surface area contributed by atoms with Crippen molar-refractivity contribution in [3.8, 4) is 6.07 Å². The Hall–Kier alpha value is -1.98. The highest BCUT2D eigenvalue weighted by Crippen LogP contribution is 2.41. The summed E-state index contributed by atoms with van der Waals surface area (Å²) in [5, 5.41) is 9.41. The molecule has 3 rings (SSSR count). The maximum Gasteiger partial charge on any atom is 0.107 e. The van der Waals surface area contributed by atoms with Crippen molar-refractivity contribution in [2.75, 3.05) is 0 Å². The first-order valence-electron chi connectivity index (χ1n) is 6.22. The van der Waals surface area contributed by atoms with Crippen LogP contribution in [0.4, 0.5) is 0 Å². The van der Waals surface area contributed by atoms with Crippen LogP contribution in [0.15, 0.2) is 53.4 Å². The molecule has 0 atom stereocenters. The predicted octanol–water partition coefficient (Wildman–Crippen LogP) is 4.52. The summed E-state index contributed by atoms with van der Waals surface area (Å²) in [5.41, 5.74) is 5.98. The molecule has 0 N–H and O–H groups in total. The van der Waals surface area contributed by atoms with Gasteiger partial charge in [0.25, 0.3) is 0 Å². The van der Waals surface area contributed by atoms with Gasteiger partial charge in [0.1, 0.15) is 6.07 Å². The van der Waals surface area contributed by atoms with Crippen molar-refractivity contribution in [3.05, 3.63) is 75.7 Å². The van der Waals surface area contributed by atoms with Crippen LogP contribution in [0.2, 0.25) is 0 Å². The standard InChI is InChI=1S/C17H13NS/c1-12-6-2-4-8-14(12)17-15-9-5-3-7-13(15)11-19-16(17)10-18/h2-9H,11H2,1H3. The van der Waals surface area contributed by atoms with Gasteiger partial charge in [0.2, 0.25) is 0 Å². The average Bonchev–Trinajstić information content (AvgIpc) is 2.47. The first-order valence-corrected chi connectivity index (χ1v) is 7.21. The van der Waals surface area contributed by atoms with Crippen LogP contribution in [0.5, 0.6) is 0 Å². The summed E-state index contributed by atoms with van der Waals surface area (Å²) in [6.45, 7) is 2.10. The molecule has 0 aromatic heterocycles. The number of benzene rings is 2. The second-order valence-corrected chi connectivity index (χ2v) is 5.56. The first kappa shape index (κ1) is 12.1. The molecule has 2 heteroatoms. The molecular formula is C17H13NS. The van der Waals surface area contributed by atoms with Crippen molar-refractivity contribution in [2.24, 2.45) is 0 Å². The van der Waals surface area contributed by atoms with Crippen LogP contribution >= 0.6 is 11.8 Å². The van der Waals surface area contributed by atoms with Gasteiger partial charge in [-0.3, -0.25) is 0 Å². The number of aryl methyl sites for hydroxylation is 1. The molecule has 2 aromatic carbocycles. The van der Waals surface area contributed by atoms with Gasteiger partial charge in [0.05, 0.1) is 4.91 Å². The minimum atomic E-state index is 0.827. The molecule has 0 aliphatic carbocycles. The third-order valence-electron chi connectivity index (χ3n) is 3.40. The summed E-state index contributed by atoms with van der Waals surface area (Å²) >= 11 is 1.64. The van der Waals surface area contributed by atoms with Crippen LogP contribution in [0.25, 0.3) is 5.57 Å². The molecule has 1 heterocycles. The molecule has 2 aromatic rings. The van der Waals surface area contributed by atoms with E-state index in [-0.39, 0.29) is 0 Å². The molecule has 1 aliphatic rings. The van der Waals surface area contributed by atoms with Gasteiger partial charge in [-0.1, -0.05) is 48.5 Å². The zero-order valence-electron chi connectivity index (χ0n) is 10.7. The van der Waals surface area contributed by atoms with Gasteiger partial charge in [-0.2, -0.15) is 5.26 Å². The lowest BCUT2D eigenvalue weighted by Gasteiger charge is -2.21. The number of nitriles is 1. The highest BCUT2D eigenvalue weighted by molar-refractivity contribution is 8.02. The van der Waals surface area contributed by atoms with Crippen molar-refractivity contribution < 1.29 is 0 Å². The van der Waals surface area contributed by atoms with E-state index in [0.29, 0.717) is 0 Å². The number of thioether (sulfide) groups is 1. The van der Waals surface area contributed by atoms with E-state index < -0.39 is 0 Å². The van der Waals surface area contributed by atoms with E-state index in [2.05, 4.69) is 43.3 Å². The zero-order chi connectivity index (χ0) is 13.2. The largest absolute Gasteiger partial charge is 0.192 e. The molecule has 0 bridgehead atoms. The van der Waals surface area contributed by atoms with Crippen LogP contribution in [0, 0.1) is 18.3 Å². The van der Waals surface area contributed by atoms with Crippen molar-refractivity contribution >= 4 is 17.3 Å². The Morgan fingerprint density at radius 1 is 1.00 bits per heavy atom. The molecular weight excluding hydrogens is 250 g/mol. The Labute approximate surface area is 117 Å². The number of rotatable bonds is 1. The summed E-state index contributed by atoms with van der Waals surface area (Å²) in [4.78, 5) is 0.827. The Morgan fingerprint density at radius 3 is 2.42 bits per heavy atom. The predicted molar refractivity (Wildman–Crippen MR) is 80.6 cm³/mol. The second kappa shape index (κ2) is 4.95. The van der Waals surface area contributed by atoms with E-state index in [1.54, 1.807) is 11.8 Å². The normalized spacial score (nSPS) is 13.9. The van der Waals surface area contributed by atoms with Gasteiger partial charge in [-0.25, -0.2) is 0 Å². The van der Waals surface area contributed by atoms with Gasteiger partial charge in [0.15, 0.2) is 0 Å². The fourth-order valence-corrected chi connectivity index (χ4v) is 3.42. The lowest BCUT2D eigenvalue weighted by molar-refractivity contribution is 1.33. The van der Waals surface area contributed by atoms with Gasteiger partial charge in [-0.15, -0.1) is 11.8 Å². The zero-order valence-corrected chi connectivity index (χ0v) is 11.5. The van der Waals surface area contributed by atoms with Crippen molar-refractivity contribution in [2.45, 2.75) is 12.7 Å². The summed E-state index contributed by atoms with van der Waals surface area (Å²) in [6, 6.07) is 19.0. The van der Waals surface area contributed by atoms with Gasteiger partial charge >= 0.3 is 0 Å². The van der Waals surface area contributed by atoms with Gasteiger partial charge < -0.3 is 0 Å². The van der Waals surface area contributed by atoms with Gasteiger partial charge in [0, 0.05) is 11.3 Å². The van der Waals surface area contributed by atoms with Gasteiger partial charge in [-0.05, 0) is 29.2 Å². The summed E-state index contributed by atoms with van der Waals surface area (Å²) in [7, 11) is 0. The van der Waals surface area contributed by atoms with Crippen LogP contribution in [0.1, 0.15) is 22.3 Å². The lowest BCUT2D eigenvalue weighted by atomic mass is 9.91. The highest BCUT2D eigenvalue weighted by Gasteiger charge is 2.21. The fourth-order valence-electron chi connectivity index (χ4n) is 2.44. The molecule has 0 radical (unpaired) electrons. The van der Waals surface area contributed by atoms with E-state index >= 15 is 0 Å². The molecule has 0 amide bonds. The molecule has 92 valence electrons. The third kappa shape index (κ3) is 2.07. The van der Waals surface area contributed by atoms with Crippen LogP contribution < -0.4 is 0 Å². The molecule has 0 fully saturated rings. The molecule has 1 aliphatic heterocycles. The van der Waals surface area contributed by atoms with Crippen molar-refractivity contribution in [1.29, 1.82) is 5.26 Å². The van der Waals surface area contributed by atoms with Crippen LogP contribution in [0.3, 0.4) is 0 Å². The molecule has 0 saturated carbocycles. The lowest BCUT2D eigenvalue weighted by Crippen LogP contribution is -2.02. The topological polar surface area (TPSA) is 23.8 Å². The van der Waals surface area contributed by atoms with Crippen LogP contribution in [-0.2, 0) is 5.75 Å². The smallest absolute Gasteiger partial charge is 0.107 e. The molecule has 19 heavy (non-hydrogen) atoms.